The number of urea groups is 1. The smallest absolute Gasteiger partial charge is 0.321 e. The number of carbonyl (C=O) groups excluding carboxylic acids is 1. The van der Waals surface area contributed by atoms with Crippen LogP contribution in [0.5, 0.6) is 11.5 Å². The number of fused-ring (bicyclic) bond motifs is 1. The van der Waals surface area contributed by atoms with E-state index in [2.05, 4.69) is 15.3 Å². The lowest BCUT2D eigenvalue weighted by Gasteiger charge is -2.35. The summed E-state index contributed by atoms with van der Waals surface area (Å²) in [7, 11) is 1.62. The van der Waals surface area contributed by atoms with Crippen LogP contribution < -0.4 is 25.2 Å². The van der Waals surface area contributed by atoms with Crippen molar-refractivity contribution in [2.45, 2.75) is 0 Å². The molecule has 27 heavy (non-hydrogen) atoms. The largest absolute Gasteiger partial charge is 0.486 e. The van der Waals surface area contributed by atoms with Crippen LogP contribution in [0.1, 0.15) is 0 Å². The van der Waals surface area contributed by atoms with Gasteiger partial charge in [0, 0.05) is 51.0 Å². The number of carbonyl (C=O) groups is 1. The number of amides is 2. The summed E-state index contributed by atoms with van der Waals surface area (Å²) in [6, 6.07) is 6.78. The highest BCUT2D eigenvalue weighted by Gasteiger charge is 2.22. The first kappa shape index (κ1) is 17.2. The number of aryl methyl sites for hydroxylation is 1. The summed E-state index contributed by atoms with van der Waals surface area (Å²) in [5, 5.41) is 6.95. The Balaban J connectivity index is 1.36. The Bertz CT molecular complexity index is 905. The van der Waals surface area contributed by atoms with E-state index in [1.807, 2.05) is 0 Å². The molecule has 9 nitrogen and oxygen atoms in total. The number of piperazine rings is 1. The van der Waals surface area contributed by atoms with Crippen LogP contribution in [-0.2, 0) is 7.05 Å². The summed E-state index contributed by atoms with van der Waals surface area (Å²) in [6.45, 7) is 3.44. The molecule has 0 unspecified atom stereocenters. The average Bonchev–Trinajstić information content (AvgIpc) is 2.70. The molecule has 0 radical (unpaired) electrons. The predicted octanol–water partition coefficient (Wildman–Crippen LogP) is 0.906. The van der Waals surface area contributed by atoms with Crippen LogP contribution in [0, 0.1) is 0 Å². The summed E-state index contributed by atoms with van der Waals surface area (Å²) < 4.78 is 12.3. The molecular weight excluding hydrogens is 350 g/mol. The van der Waals surface area contributed by atoms with Gasteiger partial charge in [0.05, 0.1) is 11.9 Å². The molecule has 0 aliphatic carbocycles. The number of nitrogens with zero attached hydrogens (tertiary/aromatic N) is 4. The van der Waals surface area contributed by atoms with Crippen LogP contribution in [0.2, 0.25) is 0 Å². The molecule has 0 atom stereocenters. The molecule has 0 bridgehead atoms. The number of anilines is 2. The lowest BCUT2D eigenvalue weighted by molar-refractivity contribution is 0.171. The Morgan fingerprint density at radius 3 is 2.56 bits per heavy atom. The Labute approximate surface area is 156 Å². The van der Waals surface area contributed by atoms with Crippen molar-refractivity contribution in [1.29, 1.82) is 0 Å². The third-order valence-electron chi connectivity index (χ3n) is 4.68. The van der Waals surface area contributed by atoms with Crippen molar-refractivity contribution < 1.29 is 14.3 Å². The minimum atomic E-state index is -0.159. The van der Waals surface area contributed by atoms with E-state index in [1.54, 1.807) is 42.4 Å². The third-order valence-corrected chi connectivity index (χ3v) is 4.68. The van der Waals surface area contributed by atoms with E-state index in [4.69, 9.17) is 9.47 Å². The molecule has 0 saturated carbocycles. The number of rotatable bonds is 2. The van der Waals surface area contributed by atoms with Gasteiger partial charge < -0.3 is 24.6 Å². The molecule has 1 saturated heterocycles. The highest BCUT2D eigenvalue weighted by Crippen LogP contribution is 2.32. The normalized spacial score (nSPS) is 16.2. The van der Waals surface area contributed by atoms with E-state index in [1.165, 1.54) is 4.68 Å². The zero-order valence-corrected chi connectivity index (χ0v) is 15.1. The summed E-state index contributed by atoms with van der Waals surface area (Å²) in [5.74, 6) is 1.33. The molecule has 2 aromatic rings. The van der Waals surface area contributed by atoms with E-state index in [9.17, 15) is 9.59 Å². The second kappa shape index (κ2) is 7.18. The van der Waals surface area contributed by atoms with Crippen molar-refractivity contribution in [1.82, 2.24) is 14.7 Å². The minimum Gasteiger partial charge on any atom is -0.486 e. The predicted molar refractivity (Wildman–Crippen MR) is 99.7 cm³/mol. The van der Waals surface area contributed by atoms with Crippen LogP contribution in [0.15, 0.2) is 35.3 Å². The van der Waals surface area contributed by atoms with Gasteiger partial charge in [-0.1, -0.05) is 0 Å². The van der Waals surface area contributed by atoms with E-state index in [0.717, 1.165) is 5.69 Å². The van der Waals surface area contributed by atoms with E-state index < -0.39 is 0 Å². The van der Waals surface area contributed by atoms with Crippen molar-refractivity contribution in [2.24, 2.45) is 7.05 Å². The molecule has 2 aliphatic rings. The van der Waals surface area contributed by atoms with Gasteiger partial charge >= 0.3 is 6.03 Å². The van der Waals surface area contributed by atoms with E-state index >= 15 is 0 Å². The maximum Gasteiger partial charge on any atom is 0.321 e. The molecule has 1 aromatic heterocycles. The first-order valence-corrected chi connectivity index (χ1v) is 8.84. The number of benzene rings is 1. The summed E-state index contributed by atoms with van der Waals surface area (Å²) in [6.07, 6.45) is 1.67. The quantitative estimate of drug-likeness (QED) is 0.844. The summed E-state index contributed by atoms with van der Waals surface area (Å²) in [4.78, 5) is 28.1. The van der Waals surface area contributed by atoms with Crippen LogP contribution in [0.4, 0.5) is 16.2 Å². The monoisotopic (exact) mass is 371 g/mol. The number of hydrogen-bond acceptors (Lipinski definition) is 6. The molecule has 9 heteroatoms. The average molecular weight is 371 g/mol. The Hall–Kier alpha value is -3.23. The molecule has 0 spiro atoms. The first-order chi connectivity index (χ1) is 13.1. The Morgan fingerprint density at radius 1 is 1.07 bits per heavy atom. The summed E-state index contributed by atoms with van der Waals surface area (Å²) in [5.41, 5.74) is 1.30. The van der Waals surface area contributed by atoms with Gasteiger partial charge in [-0.2, -0.15) is 5.10 Å². The molecule has 4 rings (SSSR count). The van der Waals surface area contributed by atoms with Crippen LogP contribution in [-0.4, -0.2) is 60.1 Å². The standard InChI is InChI=1S/C18H21N5O4/c1-21-17(24)11-14(12-19-21)22-4-6-23(7-5-22)18(25)20-13-2-3-15-16(10-13)27-9-8-26-15/h2-3,10-12H,4-9H2,1H3,(H,20,25). The minimum absolute atomic E-state index is 0.147. The van der Waals surface area contributed by atoms with Gasteiger partial charge in [0.15, 0.2) is 11.5 Å². The lowest BCUT2D eigenvalue weighted by Crippen LogP contribution is -2.50. The fourth-order valence-electron chi connectivity index (χ4n) is 3.12. The highest BCUT2D eigenvalue weighted by atomic mass is 16.6. The highest BCUT2D eigenvalue weighted by molar-refractivity contribution is 5.90. The van der Waals surface area contributed by atoms with Crippen molar-refractivity contribution >= 4 is 17.4 Å². The van der Waals surface area contributed by atoms with Crippen molar-refractivity contribution in [2.75, 3.05) is 49.6 Å². The summed E-state index contributed by atoms with van der Waals surface area (Å²) >= 11 is 0. The van der Waals surface area contributed by atoms with Gasteiger partial charge in [0.25, 0.3) is 5.56 Å². The van der Waals surface area contributed by atoms with E-state index in [0.29, 0.717) is 56.6 Å². The Morgan fingerprint density at radius 2 is 1.81 bits per heavy atom. The van der Waals surface area contributed by atoms with Gasteiger partial charge in [-0.25, -0.2) is 9.48 Å². The number of hydrogen-bond donors (Lipinski definition) is 1. The second-order valence-corrected chi connectivity index (χ2v) is 6.44. The van der Waals surface area contributed by atoms with Crippen LogP contribution in [0.3, 0.4) is 0 Å². The van der Waals surface area contributed by atoms with Crippen LogP contribution >= 0.6 is 0 Å². The van der Waals surface area contributed by atoms with Crippen molar-refractivity contribution in [3.63, 3.8) is 0 Å². The van der Waals surface area contributed by atoms with Gasteiger partial charge in [0.2, 0.25) is 0 Å². The molecule has 1 aromatic carbocycles. The third kappa shape index (κ3) is 3.67. The maximum absolute atomic E-state index is 12.5. The molecular formula is C18H21N5O4. The van der Waals surface area contributed by atoms with Crippen molar-refractivity contribution in [3.8, 4) is 11.5 Å². The topological polar surface area (TPSA) is 88.9 Å². The maximum atomic E-state index is 12.5. The SMILES string of the molecule is Cn1ncc(N2CCN(C(=O)Nc3ccc4c(c3)OCCO4)CC2)cc1=O. The lowest BCUT2D eigenvalue weighted by atomic mass is 10.2. The molecule has 142 valence electrons. The molecule has 1 fully saturated rings. The van der Waals surface area contributed by atoms with Gasteiger partial charge in [-0.15, -0.1) is 0 Å². The Kier molecular flexibility index (Phi) is 4.57. The zero-order chi connectivity index (χ0) is 18.8. The molecule has 2 aliphatic heterocycles. The van der Waals surface area contributed by atoms with Gasteiger partial charge in [0.1, 0.15) is 13.2 Å². The second-order valence-electron chi connectivity index (χ2n) is 6.44. The first-order valence-electron chi connectivity index (χ1n) is 8.84. The van der Waals surface area contributed by atoms with Gasteiger partial charge in [-0.05, 0) is 12.1 Å². The van der Waals surface area contributed by atoms with Crippen molar-refractivity contribution in [3.05, 3.63) is 40.8 Å². The number of nitrogens with one attached hydrogen (secondary N) is 1. The van der Waals surface area contributed by atoms with Crippen LogP contribution in [0.25, 0.3) is 0 Å². The van der Waals surface area contributed by atoms with E-state index in [-0.39, 0.29) is 11.6 Å². The zero-order valence-electron chi connectivity index (χ0n) is 15.1. The fraction of sp³-hybridized carbons (Fsp3) is 0.389. The number of ether oxygens (including phenoxy) is 2. The molecule has 2 amide bonds. The fourth-order valence-corrected chi connectivity index (χ4v) is 3.12. The number of aromatic nitrogens is 2. The molecule has 1 N–H and O–H groups in total. The van der Waals surface area contributed by atoms with Gasteiger partial charge in [-0.3, -0.25) is 4.79 Å². The molecule has 3 heterocycles.